The van der Waals surface area contributed by atoms with Crippen LogP contribution in [-0.4, -0.2) is 31.2 Å². The number of hydrogen-bond donors (Lipinski definition) is 1. The van der Waals surface area contributed by atoms with Crippen LogP contribution in [0.1, 0.15) is 4.88 Å². The number of benzene rings is 1. The van der Waals surface area contributed by atoms with Gasteiger partial charge in [0.05, 0.1) is 34.3 Å². The minimum absolute atomic E-state index is 0.690. The van der Waals surface area contributed by atoms with Gasteiger partial charge in [-0.2, -0.15) is 4.98 Å². The Balaban J connectivity index is 1.77. The lowest BCUT2D eigenvalue weighted by Crippen LogP contribution is -2.07. The molecule has 0 amide bonds. The number of ether oxygens (including phenoxy) is 1. The predicted octanol–water partition coefficient (Wildman–Crippen LogP) is 3.44. The Kier molecular flexibility index (Phi) is 3.94. The quantitative estimate of drug-likeness (QED) is 0.780. The van der Waals surface area contributed by atoms with Crippen LogP contribution in [0, 0.1) is 0 Å². The van der Waals surface area contributed by atoms with Crippen LogP contribution in [0.25, 0.3) is 10.2 Å². The zero-order chi connectivity index (χ0) is 14.8. The number of hydrogen-bond acceptors (Lipinski definition) is 7. The van der Waals surface area contributed by atoms with E-state index in [1.54, 1.807) is 29.8 Å². The number of nitrogens with zero attached hydrogens (tertiary/aromatic N) is 3. The maximum Gasteiger partial charge on any atom is 0.231 e. The van der Waals surface area contributed by atoms with E-state index in [4.69, 9.17) is 4.74 Å². The lowest BCUT2D eigenvalue weighted by molar-refractivity contribution is 0.397. The van der Waals surface area contributed by atoms with E-state index in [9.17, 15) is 0 Å². The van der Waals surface area contributed by atoms with Gasteiger partial charge in [0, 0.05) is 19.8 Å². The van der Waals surface area contributed by atoms with Crippen LogP contribution in [0.2, 0.25) is 0 Å². The number of rotatable bonds is 5. The maximum absolute atomic E-state index is 5.35. The van der Waals surface area contributed by atoms with Crippen LogP contribution in [0.15, 0.2) is 23.7 Å². The second-order valence-corrected chi connectivity index (χ2v) is 6.66. The standard InChI is InChI=1S/C14H16N4OS2/c1-18(2)14-17-13(19-3)12(21-14)7-15-9-4-5-10-11(6-9)20-8-16-10/h4-6,8,15H,7H2,1-3H3. The second kappa shape index (κ2) is 5.87. The summed E-state index contributed by atoms with van der Waals surface area (Å²) in [5.74, 6) is 0.690. The Morgan fingerprint density at radius 2 is 2.19 bits per heavy atom. The first-order valence-corrected chi connectivity index (χ1v) is 8.15. The van der Waals surface area contributed by atoms with Crippen LogP contribution in [0.5, 0.6) is 5.88 Å². The zero-order valence-corrected chi connectivity index (χ0v) is 13.7. The Bertz CT molecular complexity index is 750. The molecule has 2 aromatic heterocycles. The average molecular weight is 320 g/mol. The zero-order valence-electron chi connectivity index (χ0n) is 12.1. The fourth-order valence-electron chi connectivity index (χ4n) is 1.94. The summed E-state index contributed by atoms with van der Waals surface area (Å²) >= 11 is 3.28. The highest BCUT2D eigenvalue weighted by molar-refractivity contribution is 7.16. The van der Waals surface area contributed by atoms with Crippen molar-refractivity contribution in [3.8, 4) is 5.88 Å². The summed E-state index contributed by atoms with van der Waals surface area (Å²) < 4.78 is 6.53. The minimum Gasteiger partial charge on any atom is -0.480 e. The monoisotopic (exact) mass is 320 g/mol. The summed E-state index contributed by atoms with van der Waals surface area (Å²) in [4.78, 5) is 11.8. The summed E-state index contributed by atoms with van der Waals surface area (Å²) in [6.45, 7) is 0.693. The molecule has 1 N–H and O–H groups in total. The second-order valence-electron chi connectivity index (χ2n) is 4.71. The van der Waals surface area contributed by atoms with Crippen molar-refractivity contribution in [1.82, 2.24) is 9.97 Å². The number of anilines is 2. The van der Waals surface area contributed by atoms with Crippen LogP contribution in [-0.2, 0) is 6.54 Å². The predicted molar refractivity (Wildman–Crippen MR) is 89.9 cm³/mol. The fraction of sp³-hybridized carbons (Fsp3) is 0.286. The highest BCUT2D eigenvalue weighted by atomic mass is 32.1. The average Bonchev–Trinajstić information content (AvgIpc) is 3.10. The molecule has 0 spiro atoms. The molecule has 3 aromatic rings. The molecule has 0 aliphatic rings. The molecular weight excluding hydrogens is 304 g/mol. The van der Waals surface area contributed by atoms with Gasteiger partial charge in [-0.05, 0) is 18.2 Å². The van der Waals surface area contributed by atoms with Crippen molar-refractivity contribution in [2.24, 2.45) is 0 Å². The lowest BCUT2D eigenvalue weighted by Gasteiger charge is -2.06. The molecule has 0 bridgehead atoms. The van der Waals surface area contributed by atoms with Gasteiger partial charge in [0.2, 0.25) is 5.88 Å². The van der Waals surface area contributed by atoms with E-state index < -0.39 is 0 Å². The van der Waals surface area contributed by atoms with E-state index in [1.165, 1.54) is 4.70 Å². The molecule has 0 unspecified atom stereocenters. The molecule has 0 aliphatic carbocycles. The molecule has 1 aromatic carbocycles. The maximum atomic E-state index is 5.35. The van der Waals surface area contributed by atoms with Crippen molar-refractivity contribution >= 4 is 43.7 Å². The number of thiazole rings is 2. The summed E-state index contributed by atoms with van der Waals surface area (Å²) in [5.41, 5.74) is 3.98. The first-order chi connectivity index (χ1) is 10.2. The molecular formula is C14H16N4OS2. The number of aromatic nitrogens is 2. The van der Waals surface area contributed by atoms with Crippen molar-refractivity contribution in [3.63, 3.8) is 0 Å². The molecule has 5 nitrogen and oxygen atoms in total. The number of nitrogens with one attached hydrogen (secondary N) is 1. The van der Waals surface area contributed by atoms with Crippen molar-refractivity contribution in [2.45, 2.75) is 6.54 Å². The molecule has 0 saturated carbocycles. The molecule has 110 valence electrons. The smallest absolute Gasteiger partial charge is 0.231 e. The highest BCUT2D eigenvalue weighted by Crippen LogP contribution is 2.31. The molecule has 7 heteroatoms. The largest absolute Gasteiger partial charge is 0.480 e. The van der Waals surface area contributed by atoms with Crippen molar-refractivity contribution < 1.29 is 4.74 Å². The van der Waals surface area contributed by atoms with E-state index >= 15 is 0 Å². The lowest BCUT2D eigenvalue weighted by atomic mass is 10.3. The van der Waals surface area contributed by atoms with Gasteiger partial charge in [0.15, 0.2) is 5.13 Å². The van der Waals surface area contributed by atoms with E-state index in [-0.39, 0.29) is 0 Å². The molecule has 0 atom stereocenters. The molecule has 3 rings (SSSR count). The summed E-state index contributed by atoms with van der Waals surface area (Å²) in [6, 6.07) is 6.19. The van der Waals surface area contributed by atoms with E-state index in [1.807, 2.05) is 36.6 Å². The molecule has 0 radical (unpaired) electrons. The SMILES string of the molecule is COc1nc(N(C)C)sc1CNc1ccc2ncsc2c1. The molecule has 0 saturated heterocycles. The topological polar surface area (TPSA) is 50.3 Å². The van der Waals surface area contributed by atoms with Gasteiger partial charge in [-0.1, -0.05) is 11.3 Å². The number of fused-ring (bicyclic) bond motifs is 1. The third kappa shape index (κ3) is 2.93. The van der Waals surface area contributed by atoms with Crippen molar-refractivity contribution in [3.05, 3.63) is 28.6 Å². The van der Waals surface area contributed by atoms with Gasteiger partial charge >= 0.3 is 0 Å². The van der Waals surface area contributed by atoms with Gasteiger partial charge in [0.1, 0.15) is 0 Å². The Labute approximate surface area is 131 Å². The van der Waals surface area contributed by atoms with Gasteiger partial charge < -0.3 is 15.0 Å². The van der Waals surface area contributed by atoms with Gasteiger partial charge in [-0.15, -0.1) is 11.3 Å². The van der Waals surface area contributed by atoms with Crippen molar-refractivity contribution in [2.75, 3.05) is 31.4 Å². The third-order valence-electron chi connectivity index (χ3n) is 3.01. The van der Waals surface area contributed by atoms with Crippen molar-refractivity contribution in [1.29, 1.82) is 0 Å². The minimum atomic E-state index is 0.690. The van der Waals surface area contributed by atoms with Crippen LogP contribution >= 0.6 is 22.7 Å². The van der Waals surface area contributed by atoms with E-state index in [0.717, 1.165) is 21.2 Å². The summed E-state index contributed by atoms with van der Waals surface area (Å²) in [7, 11) is 5.61. The van der Waals surface area contributed by atoms with Crippen LogP contribution in [0.3, 0.4) is 0 Å². The molecule has 0 aliphatic heterocycles. The molecule has 2 heterocycles. The third-order valence-corrected chi connectivity index (χ3v) is 5.01. The van der Waals surface area contributed by atoms with Crippen LogP contribution in [0.4, 0.5) is 10.8 Å². The van der Waals surface area contributed by atoms with E-state index in [0.29, 0.717) is 12.4 Å². The van der Waals surface area contributed by atoms with Gasteiger partial charge in [-0.3, -0.25) is 0 Å². The fourth-order valence-corrected chi connectivity index (χ4v) is 3.54. The first kappa shape index (κ1) is 14.1. The Hall–Kier alpha value is -1.86. The highest BCUT2D eigenvalue weighted by Gasteiger charge is 2.12. The Morgan fingerprint density at radius 3 is 2.95 bits per heavy atom. The van der Waals surface area contributed by atoms with Gasteiger partial charge in [0.25, 0.3) is 0 Å². The molecule has 0 fully saturated rings. The van der Waals surface area contributed by atoms with E-state index in [2.05, 4.69) is 21.4 Å². The first-order valence-electron chi connectivity index (χ1n) is 6.45. The van der Waals surface area contributed by atoms with Crippen LogP contribution < -0.4 is 15.0 Å². The Morgan fingerprint density at radius 1 is 1.33 bits per heavy atom. The summed E-state index contributed by atoms with van der Waals surface area (Å²) in [5, 5.41) is 4.37. The summed E-state index contributed by atoms with van der Waals surface area (Å²) in [6.07, 6.45) is 0. The number of methoxy groups -OCH3 is 1. The van der Waals surface area contributed by atoms with Gasteiger partial charge in [-0.25, -0.2) is 4.98 Å². The molecule has 21 heavy (non-hydrogen) atoms. The normalized spacial score (nSPS) is 10.8.